The Labute approximate surface area is 158 Å². The number of nitrogens with zero attached hydrogens (tertiary/aromatic N) is 3. The van der Waals surface area contributed by atoms with Crippen molar-refractivity contribution in [3.63, 3.8) is 0 Å². The largest absolute Gasteiger partial charge is 0.492 e. The highest BCUT2D eigenvalue weighted by Gasteiger charge is 2.02. The fraction of sp³-hybridized carbons (Fsp3) is 0.250. The standard InChI is InChI=1S/C20H24N6O/c1-2-21-20(22-11-12-27-18-9-4-3-5-10-18)23-14-16-7-6-8-17(13-16)19-24-15-25-26-19/h3-10,13,15H,2,11-12,14H2,1H3,(H2,21,22,23)(H,24,25,26). The maximum Gasteiger partial charge on any atom is 0.191 e. The predicted octanol–water partition coefficient (Wildman–Crippen LogP) is 2.61. The first-order chi connectivity index (χ1) is 13.3. The van der Waals surface area contributed by atoms with Crippen LogP contribution in [0.1, 0.15) is 12.5 Å². The molecule has 0 unspecified atom stereocenters. The van der Waals surface area contributed by atoms with E-state index in [1.807, 2.05) is 55.5 Å². The highest BCUT2D eigenvalue weighted by molar-refractivity contribution is 5.79. The molecule has 3 rings (SSSR count). The molecule has 2 aromatic carbocycles. The lowest BCUT2D eigenvalue weighted by Gasteiger charge is -2.12. The highest BCUT2D eigenvalue weighted by Crippen LogP contribution is 2.15. The van der Waals surface area contributed by atoms with E-state index in [9.17, 15) is 0 Å². The number of nitrogens with one attached hydrogen (secondary N) is 3. The Hall–Kier alpha value is -3.35. The van der Waals surface area contributed by atoms with Crippen LogP contribution in [0, 0.1) is 0 Å². The van der Waals surface area contributed by atoms with Crippen LogP contribution in [-0.4, -0.2) is 40.8 Å². The number of aliphatic imine (C=N–C) groups is 1. The van der Waals surface area contributed by atoms with Crippen LogP contribution in [0.25, 0.3) is 11.4 Å². The van der Waals surface area contributed by atoms with Gasteiger partial charge in [0.25, 0.3) is 0 Å². The predicted molar refractivity (Wildman–Crippen MR) is 107 cm³/mol. The molecular formula is C20H24N6O. The van der Waals surface area contributed by atoms with E-state index in [2.05, 4.69) is 36.9 Å². The molecule has 0 radical (unpaired) electrons. The molecule has 0 aliphatic rings. The molecule has 0 aliphatic heterocycles. The molecule has 0 saturated heterocycles. The molecule has 7 nitrogen and oxygen atoms in total. The number of guanidine groups is 1. The van der Waals surface area contributed by atoms with Crippen LogP contribution in [0.3, 0.4) is 0 Å². The molecule has 140 valence electrons. The van der Waals surface area contributed by atoms with Gasteiger partial charge in [-0.3, -0.25) is 5.10 Å². The number of ether oxygens (including phenoxy) is 1. The summed E-state index contributed by atoms with van der Waals surface area (Å²) in [6.07, 6.45) is 1.50. The van der Waals surface area contributed by atoms with Gasteiger partial charge in [0.05, 0.1) is 13.1 Å². The Balaban J connectivity index is 1.53. The first-order valence-electron chi connectivity index (χ1n) is 9.00. The average molecular weight is 364 g/mol. The van der Waals surface area contributed by atoms with Gasteiger partial charge in [-0.2, -0.15) is 5.10 Å². The van der Waals surface area contributed by atoms with Crippen LogP contribution in [0.2, 0.25) is 0 Å². The fourth-order valence-electron chi connectivity index (χ4n) is 2.53. The number of para-hydroxylation sites is 1. The van der Waals surface area contributed by atoms with Gasteiger partial charge in [0.1, 0.15) is 18.7 Å². The maximum absolute atomic E-state index is 5.69. The Morgan fingerprint density at radius 3 is 2.78 bits per heavy atom. The molecule has 0 spiro atoms. The summed E-state index contributed by atoms with van der Waals surface area (Å²) in [5.41, 5.74) is 2.09. The molecule has 0 atom stereocenters. The Morgan fingerprint density at radius 1 is 1.11 bits per heavy atom. The normalized spacial score (nSPS) is 11.2. The summed E-state index contributed by atoms with van der Waals surface area (Å²) in [5, 5.41) is 13.3. The summed E-state index contributed by atoms with van der Waals surface area (Å²) in [6.45, 7) is 4.64. The van der Waals surface area contributed by atoms with E-state index in [0.29, 0.717) is 19.7 Å². The van der Waals surface area contributed by atoms with Crippen molar-refractivity contribution in [2.24, 2.45) is 4.99 Å². The molecular weight excluding hydrogens is 340 g/mol. The van der Waals surface area contributed by atoms with Crippen molar-refractivity contribution >= 4 is 5.96 Å². The number of aromatic amines is 1. The third-order valence-electron chi connectivity index (χ3n) is 3.79. The van der Waals surface area contributed by atoms with Crippen LogP contribution in [0.4, 0.5) is 0 Å². The number of H-pyrrole nitrogens is 1. The van der Waals surface area contributed by atoms with Crippen LogP contribution >= 0.6 is 0 Å². The summed E-state index contributed by atoms with van der Waals surface area (Å²) in [4.78, 5) is 8.83. The first kappa shape index (κ1) is 18.4. The van der Waals surface area contributed by atoms with Crippen LogP contribution in [-0.2, 0) is 6.54 Å². The van der Waals surface area contributed by atoms with Crippen molar-refractivity contribution in [1.29, 1.82) is 0 Å². The number of benzene rings is 2. The van der Waals surface area contributed by atoms with Gasteiger partial charge in [0, 0.05) is 12.1 Å². The highest BCUT2D eigenvalue weighted by atomic mass is 16.5. The lowest BCUT2D eigenvalue weighted by Crippen LogP contribution is -2.39. The minimum Gasteiger partial charge on any atom is -0.492 e. The lowest BCUT2D eigenvalue weighted by atomic mass is 10.1. The van der Waals surface area contributed by atoms with Crippen molar-refractivity contribution in [2.75, 3.05) is 19.7 Å². The van der Waals surface area contributed by atoms with Crippen molar-refractivity contribution in [3.05, 3.63) is 66.5 Å². The zero-order chi connectivity index (χ0) is 18.7. The Morgan fingerprint density at radius 2 is 2.00 bits per heavy atom. The van der Waals surface area contributed by atoms with Crippen LogP contribution in [0.15, 0.2) is 65.9 Å². The second kappa shape index (κ2) is 9.96. The molecule has 27 heavy (non-hydrogen) atoms. The minimum atomic E-state index is 0.565. The average Bonchev–Trinajstić information content (AvgIpc) is 3.25. The first-order valence-corrected chi connectivity index (χ1v) is 9.00. The maximum atomic E-state index is 5.69. The van der Waals surface area contributed by atoms with Gasteiger partial charge in [0.2, 0.25) is 0 Å². The second-order valence-corrected chi connectivity index (χ2v) is 5.82. The zero-order valence-electron chi connectivity index (χ0n) is 15.4. The van der Waals surface area contributed by atoms with E-state index in [4.69, 9.17) is 4.74 Å². The van der Waals surface area contributed by atoms with Gasteiger partial charge in [-0.25, -0.2) is 9.98 Å². The lowest BCUT2D eigenvalue weighted by molar-refractivity contribution is 0.322. The van der Waals surface area contributed by atoms with E-state index in [1.165, 1.54) is 6.33 Å². The summed E-state index contributed by atoms with van der Waals surface area (Å²) >= 11 is 0. The van der Waals surface area contributed by atoms with Gasteiger partial charge < -0.3 is 15.4 Å². The Bertz CT molecular complexity index is 833. The van der Waals surface area contributed by atoms with E-state index in [0.717, 1.165) is 35.2 Å². The van der Waals surface area contributed by atoms with Crippen molar-refractivity contribution < 1.29 is 4.74 Å². The van der Waals surface area contributed by atoms with Crippen molar-refractivity contribution in [1.82, 2.24) is 25.8 Å². The molecule has 1 aromatic heterocycles. The van der Waals surface area contributed by atoms with Crippen LogP contribution in [0.5, 0.6) is 5.75 Å². The van der Waals surface area contributed by atoms with Gasteiger partial charge in [0.15, 0.2) is 11.8 Å². The summed E-state index contributed by atoms with van der Waals surface area (Å²) < 4.78 is 5.69. The molecule has 3 aromatic rings. The molecule has 0 aliphatic carbocycles. The third-order valence-corrected chi connectivity index (χ3v) is 3.79. The van der Waals surface area contributed by atoms with Gasteiger partial charge in [-0.15, -0.1) is 0 Å². The van der Waals surface area contributed by atoms with E-state index >= 15 is 0 Å². The van der Waals surface area contributed by atoms with Crippen LogP contribution < -0.4 is 15.4 Å². The molecule has 3 N–H and O–H groups in total. The van der Waals surface area contributed by atoms with Crippen molar-refractivity contribution in [2.45, 2.75) is 13.5 Å². The smallest absolute Gasteiger partial charge is 0.191 e. The molecule has 0 amide bonds. The number of hydrogen-bond donors (Lipinski definition) is 3. The quantitative estimate of drug-likeness (QED) is 0.325. The van der Waals surface area contributed by atoms with E-state index in [-0.39, 0.29) is 0 Å². The molecule has 0 fully saturated rings. The van der Waals surface area contributed by atoms with Gasteiger partial charge in [-0.05, 0) is 30.7 Å². The van der Waals surface area contributed by atoms with Gasteiger partial charge >= 0.3 is 0 Å². The SMILES string of the molecule is CCNC(=NCc1cccc(-c2ncn[nH]2)c1)NCCOc1ccccc1. The fourth-order valence-corrected chi connectivity index (χ4v) is 2.53. The summed E-state index contributed by atoms with van der Waals surface area (Å²) in [5.74, 6) is 2.38. The summed E-state index contributed by atoms with van der Waals surface area (Å²) in [7, 11) is 0. The van der Waals surface area contributed by atoms with E-state index in [1.54, 1.807) is 0 Å². The number of aromatic nitrogens is 3. The molecule has 0 bridgehead atoms. The number of rotatable bonds is 8. The third kappa shape index (κ3) is 5.85. The summed E-state index contributed by atoms with van der Waals surface area (Å²) in [6, 6.07) is 17.9. The van der Waals surface area contributed by atoms with Crippen molar-refractivity contribution in [3.8, 4) is 17.1 Å². The van der Waals surface area contributed by atoms with E-state index < -0.39 is 0 Å². The van der Waals surface area contributed by atoms with Gasteiger partial charge in [-0.1, -0.05) is 36.4 Å². The number of hydrogen-bond acceptors (Lipinski definition) is 4. The zero-order valence-corrected chi connectivity index (χ0v) is 15.4. The second-order valence-electron chi connectivity index (χ2n) is 5.82. The topological polar surface area (TPSA) is 87.2 Å². The Kier molecular flexibility index (Phi) is 6.80. The molecule has 7 heteroatoms. The monoisotopic (exact) mass is 364 g/mol. The molecule has 1 heterocycles. The minimum absolute atomic E-state index is 0.565. The molecule has 0 saturated carbocycles.